The highest BCUT2D eigenvalue weighted by Gasteiger charge is 2.31. The summed E-state index contributed by atoms with van der Waals surface area (Å²) in [6.45, 7) is 7.30. The molecule has 0 saturated carbocycles. The van der Waals surface area contributed by atoms with E-state index in [4.69, 9.17) is 5.73 Å². The van der Waals surface area contributed by atoms with Gasteiger partial charge in [-0.05, 0) is 69.2 Å². The van der Waals surface area contributed by atoms with Crippen LogP contribution in [0.2, 0.25) is 0 Å². The third kappa shape index (κ3) is 9.69. The molecule has 3 amide bonds. The van der Waals surface area contributed by atoms with E-state index in [1.54, 1.807) is 20.8 Å². The largest absolute Gasteiger partial charge is 0.416 e. The van der Waals surface area contributed by atoms with Crippen molar-refractivity contribution in [2.24, 2.45) is 0 Å². The second-order valence-corrected chi connectivity index (χ2v) is 10.5. The minimum absolute atomic E-state index is 0.0949. The van der Waals surface area contributed by atoms with Crippen LogP contribution in [0.1, 0.15) is 47.8 Å². The molecule has 0 heterocycles. The van der Waals surface area contributed by atoms with Crippen LogP contribution < -0.4 is 27.0 Å². The van der Waals surface area contributed by atoms with Crippen molar-refractivity contribution in [1.29, 1.82) is 0 Å². The number of nitrogens with one attached hydrogen (secondary N) is 4. The van der Waals surface area contributed by atoms with Gasteiger partial charge >= 0.3 is 6.18 Å². The first kappa shape index (κ1) is 30.1. The monoisotopic (exact) mass is 585 g/mol. The van der Waals surface area contributed by atoms with E-state index in [0.717, 1.165) is 27.7 Å². The fourth-order valence-electron chi connectivity index (χ4n) is 3.31. The first-order valence-electron chi connectivity index (χ1n) is 11.4. The summed E-state index contributed by atoms with van der Waals surface area (Å²) in [5, 5.41) is 10.8. The smallest absolute Gasteiger partial charge is 0.398 e. The number of halogens is 4. The molecule has 2 aromatic carbocycles. The molecule has 0 saturated heterocycles. The molecular formula is C25H31BrF3N5O3. The molecule has 0 unspecified atom stereocenters. The van der Waals surface area contributed by atoms with Gasteiger partial charge in [-0.2, -0.15) is 13.2 Å². The van der Waals surface area contributed by atoms with Gasteiger partial charge in [0.05, 0.1) is 17.7 Å². The van der Waals surface area contributed by atoms with Crippen molar-refractivity contribution < 1.29 is 27.6 Å². The van der Waals surface area contributed by atoms with E-state index in [-0.39, 0.29) is 12.2 Å². The summed E-state index contributed by atoms with van der Waals surface area (Å²) in [5.74, 6) is -2.08. The van der Waals surface area contributed by atoms with Gasteiger partial charge in [0.2, 0.25) is 11.8 Å². The molecule has 0 fully saturated rings. The number of amides is 3. The summed E-state index contributed by atoms with van der Waals surface area (Å²) >= 11 is 3.41. The zero-order chi connectivity index (χ0) is 28.0. The minimum Gasteiger partial charge on any atom is -0.398 e. The average Bonchev–Trinajstić information content (AvgIpc) is 2.76. The second kappa shape index (κ2) is 12.4. The molecule has 12 heteroatoms. The van der Waals surface area contributed by atoms with Crippen LogP contribution in [0, 0.1) is 6.92 Å². The van der Waals surface area contributed by atoms with Gasteiger partial charge in [-0.3, -0.25) is 14.4 Å². The first-order valence-corrected chi connectivity index (χ1v) is 12.2. The molecule has 0 bridgehead atoms. The Morgan fingerprint density at radius 1 is 1.05 bits per heavy atom. The Bertz CT molecular complexity index is 1150. The maximum Gasteiger partial charge on any atom is 0.416 e. The molecule has 0 aliphatic rings. The molecule has 0 radical (unpaired) electrons. The van der Waals surface area contributed by atoms with Crippen LogP contribution in [0.3, 0.4) is 0 Å². The molecule has 6 N–H and O–H groups in total. The van der Waals surface area contributed by atoms with Crippen molar-refractivity contribution in [2.45, 2.75) is 52.0 Å². The van der Waals surface area contributed by atoms with Crippen molar-refractivity contribution in [3.63, 3.8) is 0 Å². The fraction of sp³-hybridized carbons (Fsp3) is 0.400. The van der Waals surface area contributed by atoms with Gasteiger partial charge in [0.1, 0.15) is 6.04 Å². The van der Waals surface area contributed by atoms with E-state index in [2.05, 4.69) is 37.2 Å². The van der Waals surface area contributed by atoms with Crippen LogP contribution in [0.5, 0.6) is 0 Å². The third-order valence-corrected chi connectivity index (χ3v) is 5.65. The summed E-state index contributed by atoms with van der Waals surface area (Å²) in [7, 11) is 0. The van der Waals surface area contributed by atoms with Crippen LogP contribution in [0.4, 0.5) is 18.9 Å². The van der Waals surface area contributed by atoms with Gasteiger partial charge in [-0.1, -0.05) is 22.0 Å². The SMILES string of the molecule is Cc1cc(Br)ccc1CNC[C@H](NC(=O)CNC(=O)c1cc(C(F)(F)F)ccc1N)C(=O)NC(C)(C)C. The number of rotatable bonds is 9. The highest BCUT2D eigenvalue weighted by atomic mass is 79.9. The van der Waals surface area contributed by atoms with Crippen LogP contribution in [0.25, 0.3) is 0 Å². The van der Waals surface area contributed by atoms with Crippen LogP contribution in [-0.4, -0.2) is 42.4 Å². The Labute approximate surface area is 222 Å². The van der Waals surface area contributed by atoms with Gasteiger partial charge in [-0.25, -0.2) is 0 Å². The minimum atomic E-state index is -4.66. The molecule has 202 valence electrons. The zero-order valence-electron chi connectivity index (χ0n) is 21.0. The molecule has 2 rings (SSSR count). The van der Waals surface area contributed by atoms with Crippen molar-refractivity contribution in [1.82, 2.24) is 21.3 Å². The predicted molar refractivity (Wildman–Crippen MR) is 139 cm³/mol. The lowest BCUT2D eigenvalue weighted by atomic mass is 10.1. The Morgan fingerprint density at radius 2 is 1.73 bits per heavy atom. The number of anilines is 1. The summed E-state index contributed by atoms with van der Waals surface area (Å²) in [6, 6.07) is 7.18. The van der Waals surface area contributed by atoms with Gasteiger partial charge in [-0.15, -0.1) is 0 Å². The van der Waals surface area contributed by atoms with Crippen molar-refractivity contribution in [3.8, 4) is 0 Å². The van der Waals surface area contributed by atoms with E-state index in [9.17, 15) is 27.6 Å². The summed E-state index contributed by atoms with van der Waals surface area (Å²) in [4.78, 5) is 37.8. The number of alkyl halides is 3. The van der Waals surface area contributed by atoms with Crippen LogP contribution in [-0.2, 0) is 22.3 Å². The van der Waals surface area contributed by atoms with E-state index in [0.29, 0.717) is 12.6 Å². The predicted octanol–water partition coefficient (Wildman–Crippen LogP) is 3.28. The van der Waals surface area contributed by atoms with Gasteiger partial charge < -0.3 is 27.0 Å². The number of carbonyl (C=O) groups is 3. The Kier molecular flexibility index (Phi) is 10.1. The summed E-state index contributed by atoms with van der Waals surface area (Å²) < 4.78 is 39.9. The Balaban J connectivity index is 2.03. The topological polar surface area (TPSA) is 125 Å². The molecule has 0 aliphatic heterocycles. The highest BCUT2D eigenvalue weighted by Crippen LogP contribution is 2.31. The molecule has 2 aromatic rings. The number of hydrogen-bond acceptors (Lipinski definition) is 5. The van der Waals surface area contributed by atoms with Crippen molar-refractivity contribution >= 4 is 39.3 Å². The number of nitrogen functional groups attached to an aromatic ring is 1. The number of aryl methyl sites for hydroxylation is 1. The quantitative estimate of drug-likeness (QED) is 0.289. The van der Waals surface area contributed by atoms with Gasteiger partial charge in [0.25, 0.3) is 5.91 Å². The number of nitrogens with two attached hydrogens (primary N) is 1. The third-order valence-electron chi connectivity index (χ3n) is 5.15. The highest BCUT2D eigenvalue weighted by molar-refractivity contribution is 9.10. The second-order valence-electron chi connectivity index (χ2n) is 9.54. The zero-order valence-corrected chi connectivity index (χ0v) is 22.6. The van der Waals surface area contributed by atoms with E-state index in [1.807, 2.05) is 25.1 Å². The normalized spacial score (nSPS) is 12.5. The Hall–Kier alpha value is -3.12. The van der Waals surface area contributed by atoms with E-state index >= 15 is 0 Å². The van der Waals surface area contributed by atoms with Crippen LogP contribution in [0.15, 0.2) is 40.9 Å². The molecule has 0 aliphatic carbocycles. The molecule has 37 heavy (non-hydrogen) atoms. The maximum absolute atomic E-state index is 13.0. The van der Waals surface area contributed by atoms with Crippen LogP contribution >= 0.6 is 15.9 Å². The van der Waals surface area contributed by atoms with Crippen molar-refractivity contribution in [2.75, 3.05) is 18.8 Å². The summed E-state index contributed by atoms with van der Waals surface area (Å²) in [6.07, 6.45) is -4.66. The molecule has 8 nitrogen and oxygen atoms in total. The van der Waals surface area contributed by atoms with E-state index in [1.165, 1.54) is 0 Å². The van der Waals surface area contributed by atoms with E-state index < -0.39 is 53.2 Å². The van der Waals surface area contributed by atoms with Gasteiger partial charge in [0.15, 0.2) is 0 Å². The Morgan fingerprint density at radius 3 is 2.32 bits per heavy atom. The number of carbonyl (C=O) groups excluding carboxylic acids is 3. The molecule has 0 spiro atoms. The number of benzene rings is 2. The lowest BCUT2D eigenvalue weighted by Crippen LogP contribution is -2.56. The standard InChI is InChI=1S/C25H31BrF3N5O3/c1-14-9-17(26)7-5-15(14)11-31-12-20(23(37)34-24(2,3)4)33-21(35)13-32-22(36)18-10-16(25(27,28)29)6-8-19(18)30/h5-10,20,31H,11-13,30H2,1-4H3,(H,32,36)(H,33,35)(H,34,37)/t20-/m0/s1. The maximum atomic E-state index is 13.0. The number of hydrogen-bond donors (Lipinski definition) is 5. The molecule has 0 aromatic heterocycles. The first-order chi connectivity index (χ1) is 17.1. The average molecular weight is 586 g/mol. The van der Waals surface area contributed by atoms with Gasteiger partial charge in [0, 0.05) is 28.8 Å². The summed E-state index contributed by atoms with van der Waals surface area (Å²) in [5.41, 5.74) is 5.53. The molecular weight excluding hydrogens is 555 g/mol. The van der Waals surface area contributed by atoms with Crippen molar-refractivity contribution in [3.05, 3.63) is 63.1 Å². The lowest BCUT2D eigenvalue weighted by Gasteiger charge is -2.26. The fourth-order valence-corrected chi connectivity index (χ4v) is 3.78. The molecule has 1 atom stereocenters. The lowest BCUT2D eigenvalue weighted by molar-refractivity contribution is -0.137.